The van der Waals surface area contributed by atoms with Crippen LogP contribution in [0.4, 0.5) is 5.82 Å². The lowest BCUT2D eigenvalue weighted by Crippen LogP contribution is -2.44. The summed E-state index contributed by atoms with van der Waals surface area (Å²) in [5.74, 6) is 0.378. The van der Waals surface area contributed by atoms with Gasteiger partial charge in [0.15, 0.2) is 5.56 Å². The summed E-state index contributed by atoms with van der Waals surface area (Å²) < 4.78 is 7.93. The predicted molar refractivity (Wildman–Crippen MR) is 78.5 cm³/mol. The number of aromatic nitrogens is 2. The largest absolute Gasteiger partial charge is 0.376 e. The Kier molecular flexibility index (Phi) is 4.48. The van der Waals surface area contributed by atoms with E-state index in [2.05, 4.69) is 0 Å². The maximum Gasteiger partial charge on any atom is 0.332 e. The monoisotopic (exact) mass is 292 g/mol. The van der Waals surface area contributed by atoms with Crippen LogP contribution in [0.1, 0.15) is 25.3 Å². The summed E-state index contributed by atoms with van der Waals surface area (Å²) >= 11 is 0. The van der Waals surface area contributed by atoms with Gasteiger partial charge in [-0.3, -0.25) is 13.9 Å². The second-order valence-electron chi connectivity index (χ2n) is 5.19. The summed E-state index contributed by atoms with van der Waals surface area (Å²) in [4.78, 5) is 26.1. The Morgan fingerprint density at radius 3 is 2.62 bits per heavy atom. The van der Waals surface area contributed by atoms with E-state index in [0.29, 0.717) is 18.9 Å². The van der Waals surface area contributed by atoms with E-state index in [9.17, 15) is 14.9 Å². The molecule has 7 heteroatoms. The molecule has 0 saturated carbocycles. The molecule has 1 atom stereocenters. The van der Waals surface area contributed by atoms with Gasteiger partial charge >= 0.3 is 5.69 Å². The zero-order valence-corrected chi connectivity index (χ0v) is 12.6. The van der Waals surface area contributed by atoms with Crippen molar-refractivity contribution in [1.82, 2.24) is 9.13 Å². The van der Waals surface area contributed by atoms with Crippen LogP contribution in [0.15, 0.2) is 9.59 Å². The van der Waals surface area contributed by atoms with Crippen LogP contribution in [0.5, 0.6) is 0 Å². The zero-order chi connectivity index (χ0) is 15.6. The Morgan fingerprint density at radius 1 is 1.38 bits per heavy atom. The highest BCUT2D eigenvalue weighted by atomic mass is 16.5. The van der Waals surface area contributed by atoms with Gasteiger partial charge in [-0.2, -0.15) is 5.26 Å². The molecule has 1 aromatic heterocycles. The highest BCUT2D eigenvalue weighted by molar-refractivity contribution is 5.53. The van der Waals surface area contributed by atoms with Gasteiger partial charge in [-0.1, -0.05) is 0 Å². The van der Waals surface area contributed by atoms with Gasteiger partial charge in [-0.05, 0) is 19.8 Å². The number of rotatable bonds is 4. The normalized spacial score (nSPS) is 17.7. The van der Waals surface area contributed by atoms with Crippen molar-refractivity contribution in [3.63, 3.8) is 0 Å². The molecular weight excluding hydrogens is 272 g/mol. The summed E-state index contributed by atoms with van der Waals surface area (Å²) in [5.41, 5.74) is -0.986. The average Bonchev–Trinajstić information content (AvgIpc) is 2.99. The first-order valence-corrected chi connectivity index (χ1v) is 7.07. The first-order chi connectivity index (χ1) is 10.0. The lowest BCUT2D eigenvalue weighted by molar-refractivity contribution is 0.115. The van der Waals surface area contributed by atoms with Crippen LogP contribution in [0.25, 0.3) is 0 Å². The molecule has 0 bridgehead atoms. The minimum absolute atomic E-state index is 0.000512. The summed E-state index contributed by atoms with van der Waals surface area (Å²) in [6.07, 6.45) is 2.05. The quantitative estimate of drug-likeness (QED) is 0.778. The average molecular weight is 292 g/mol. The van der Waals surface area contributed by atoms with Crippen LogP contribution in [-0.4, -0.2) is 34.9 Å². The van der Waals surface area contributed by atoms with Crippen molar-refractivity contribution in [2.24, 2.45) is 14.1 Å². The van der Waals surface area contributed by atoms with Crippen LogP contribution in [0.3, 0.4) is 0 Å². The fourth-order valence-electron chi connectivity index (χ4n) is 2.70. The van der Waals surface area contributed by atoms with Crippen molar-refractivity contribution in [3.8, 4) is 6.07 Å². The fourth-order valence-corrected chi connectivity index (χ4v) is 2.70. The van der Waals surface area contributed by atoms with E-state index in [0.717, 1.165) is 24.0 Å². The molecule has 0 aromatic carbocycles. The van der Waals surface area contributed by atoms with Crippen molar-refractivity contribution >= 4 is 5.82 Å². The summed E-state index contributed by atoms with van der Waals surface area (Å²) in [6.45, 7) is 3.83. The van der Waals surface area contributed by atoms with Gasteiger partial charge in [-0.25, -0.2) is 4.79 Å². The summed E-state index contributed by atoms with van der Waals surface area (Å²) in [7, 11) is 2.96. The van der Waals surface area contributed by atoms with Gasteiger partial charge in [0.25, 0.3) is 5.56 Å². The number of likely N-dealkylation sites (N-methyl/N-ethyl adjacent to an activating group) is 1. The van der Waals surface area contributed by atoms with Gasteiger partial charge in [0, 0.05) is 33.8 Å². The SMILES string of the molecule is CCN(C[C@H]1CCCO1)c1c(C#N)c(=O)n(C)c(=O)n1C. The highest BCUT2D eigenvalue weighted by Crippen LogP contribution is 2.19. The van der Waals surface area contributed by atoms with E-state index in [1.165, 1.54) is 11.6 Å². The standard InChI is InChI=1S/C14H20N4O3/c1-4-18(9-10-6-5-7-21-10)12-11(8-15)13(19)17(3)14(20)16(12)2/h10H,4-7,9H2,1-3H3/t10-/m1/s1. The molecule has 1 aliphatic heterocycles. The molecule has 21 heavy (non-hydrogen) atoms. The zero-order valence-electron chi connectivity index (χ0n) is 12.6. The number of hydrogen-bond donors (Lipinski definition) is 0. The first-order valence-electron chi connectivity index (χ1n) is 7.07. The number of hydrogen-bond acceptors (Lipinski definition) is 5. The molecule has 1 saturated heterocycles. The molecule has 1 aromatic rings. The van der Waals surface area contributed by atoms with Crippen LogP contribution < -0.4 is 16.1 Å². The summed E-state index contributed by atoms with van der Waals surface area (Å²) in [5, 5.41) is 9.31. The van der Waals surface area contributed by atoms with Crippen LogP contribution in [0.2, 0.25) is 0 Å². The molecule has 0 amide bonds. The van der Waals surface area contributed by atoms with Crippen LogP contribution >= 0.6 is 0 Å². The smallest absolute Gasteiger partial charge is 0.332 e. The molecule has 1 aliphatic rings. The molecule has 0 spiro atoms. The fraction of sp³-hybridized carbons (Fsp3) is 0.643. The van der Waals surface area contributed by atoms with Crippen molar-refractivity contribution < 1.29 is 4.74 Å². The molecule has 2 rings (SSSR count). The van der Waals surface area contributed by atoms with Gasteiger partial charge in [-0.15, -0.1) is 0 Å². The molecule has 7 nitrogen and oxygen atoms in total. The predicted octanol–water partition coefficient (Wildman–Crippen LogP) is -0.0390. The maximum absolute atomic E-state index is 12.1. The van der Waals surface area contributed by atoms with E-state index >= 15 is 0 Å². The Hall–Kier alpha value is -2.07. The van der Waals surface area contributed by atoms with E-state index in [-0.39, 0.29) is 11.7 Å². The third kappa shape index (κ3) is 2.72. The molecule has 1 fully saturated rings. The minimum atomic E-state index is -0.554. The molecule has 2 heterocycles. The van der Waals surface area contributed by atoms with Gasteiger partial charge in [0.05, 0.1) is 6.10 Å². The molecule has 0 unspecified atom stereocenters. The van der Waals surface area contributed by atoms with E-state index in [1.54, 1.807) is 7.05 Å². The van der Waals surface area contributed by atoms with Crippen molar-refractivity contribution in [1.29, 1.82) is 5.26 Å². The van der Waals surface area contributed by atoms with Gasteiger partial charge in [0.2, 0.25) is 0 Å². The minimum Gasteiger partial charge on any atom is -0.376 e. The third-order valence-electron chi connectivity index (χ3n) is 3.87. The van der Waals surface area contributed by atoms with Crippen molar-refractivity contribution in [2.45, 2.75) is 25.9 Å². The molecule has 114 valence electrons. The van der Waals surface area contributed by atoms with Crippen LogP contribution in [-0.2, 0) is 18.8 Å². The molecule has 0 N–H and O–H groups in total. The molecule has 0 aliphatic carbocycles. The number of nitriles is 1. The number of ether oxygens (including phenoxy) is 1. The molecule has 0 radical (unpaired) electrons. The van der Waals surface area contributed by atoms with E-state index < -0.39 is 11.2 Å². The Morgan fingerprint density at radius 2 is 2.10 bits per heavy atom. The van der Waals surface area contributed by atoms with Gasteiger partial charge < -0.3 is 9.64 Å². The third-order valence-corrected chi connectivity index (χ3v) is 3.87. The van der Waals surface area contributed by atoms with E-state index in [4.69, 9.17) is 4.74 Å². The van der Waals surface area contributed by atoms with Gasteiger partial charge in [0.1, 0.15) is 11.9 Å². The topological polar surface area (TPSA) is 80.3 Å². The first kappa shape index (κ1) is 15.3. The lowest BCUT2D eigenvalue weighted by Gasteiger charge is -2.28. The second kappa shape index (κ2) is 6.14. The Bertz CT molecular complexity index is 677. The van der Waals surface area contributed by atoms with E-state index in [1.807, 2.05) is 17.9 Å². The van der Waals surface area contributed by atoms with Crippen molar-refractivity contribution in [3.05, 3.63) is 26.4 Å². The van der Waals surface area contributed by atoms with Crippen molar-refractivity contribution in [2.75, 3.05) is 24.6 Å². The second-order valence-corrected chi connectivity index (χ2v) is 5.19. The maximum atomic E-state index is 12.1. The Balaban J connectivity index is 2.52. The molecular formula is C14H20N4O3. The summed E-state index contributed by atoms with van der Waals surface area (Å²) in [6, 6.07) is 1.94. The Labute approximate surface area is 123 Å². The lowest BCUT2D eigenvalue weighted by atomic mass is 10.2. The number of nitrogens with zero attached hydrogens (tertiary/aromatic N) is 4. The highest BCUT2D eigenvalue weighted by Gasteiger charge is 2.24. The van der Waals surface area contributed by atoms with Crippen LogP contribution in [0, 0.1) is 11.3 Å². The number of anilines is 1.